The highest BCUT2D eigenvalue weighted by Crippen LogP contribution is 2.26. The highest BCUT2D eigenvalue weighted by Gasteiger charge is 2.08. The molecular weight excluding hydrogens is 338 g/mol. The van der Waals surface area contributed by atoms with Gasteiger partial charge in [0.1, 0.15) is 5.75 Å². The fourth-order valence-electron chi connectivity index (χ4n) is 2.62. The Bertz CT molecular complexity index is 924. The molecule has 5 nitrogen and oxygen atoms in total. The van der Waals surface area contributed by atoms with Crippen LogP contribution in [0.4, 0.5) is 0 Å². The van der Waals surface area contributed by atoms with Gasteiger partial charge in [-0.1, -0.05) is 23.7 Å². The molecule has 0 bridgehead atoms. The van der Waals surface area contributed by atoms with Crippen LogP contribution in [-0.4, -0.2) is 23.7 Å². The number of benzene rings is 2. The van der Waals surface area contributed by atoms with Gasteiger partial charge in [0.05, 0.1) is 6.21 Å². The van der Waals surface area contributed by atoms with Crippen molar-refractivity contribution in [3.8, 4) is 5.75 Å². The highest BCUT2D eigenvalue weighted by atomic mass is 35.5. The van der Waals surface area contributed by atoms with Crippen LogP contribution in [0.15, 0.2) is 47.7 Å². The van der Waals surface area contributed by atoms with Crippen molar-refractivity contribution in [1.82, 2.24) is 10.4 Å². The number of carbonyl (C=O) groups is 1. The molecule has 0 aliphatic rings. The van der Waals surface area contributed by atoms with E-state index in [0.29, 0.717) is 10.8 Å². The van der Waals surface area contributed by atoms with Gasteiger partial charge in [0.2, 0.25) is 0 Å². The van der Waals surface area contributed by atoms with E-state index in [1.165, 1.54) is 0 Å². The first-order valence-electron chi connectivity index (χ1n) is 7.81. The van der Waals surface area contributed by atoms with Gasteiger partial charge in [-0.05, 0) is 60.2 Å². The number of hydrazone groups is 1. The molecule has 3 rings (SSSR count). The molecule has 0 aliphatic carbocycles. The molecule has 1 amide bonds. The zero-order valence-corrected chi connectivity index (χ0v) is 14.7. The Hall–Kier alpha value is -2.79. The average molecular weight is 356 g/mol. The van der Waals surface area contributed by atoms with Crippen molar-refractivity contribution in [3.63, 3.8) is 0 Å². The van der Waals surface area contributed by atoms with Gasteiger partial charge in [0.25, 0.3) is 5.91 Å². The van der Waals surface area contributed by atoms with Crippen molar-refractivity contribution >= 4 is 34.6 Å². The minimum absolute atomic E-state index is 0.115. The average Bonchev–Trinajstić information content (AvgIpc) is 3.01. The van der Waals surface area contributed by atoms with Gasteiger partial charge in [0, 0.05) is 16.7 Å². The Kier molecular flexibility index (Phi) is 5.05. The van der Waals surface area contributed by atoms with E-state index >= 15 is 0 Å². The number of fused-ring (bicyclic) bond motifs is 1. The molecule has 1 aromatic heterocycles. The minimum atomic E-state index is -0.328. The second-order valence-electron chi connectivity index (χ2n) is 5.77. The number of halogens is 1. The van der Waals surface area contributed by atoms with E-state index in [9.17, 15) is 4.79 Å². The van der Waals surface area contributed by atoms with Crippen LogP contribution in [0, 0.1) is 13.8 Å². The Morgan fingerprint density at radius 3 is 2.76 bits per heavy atom. The van der Waals surface area contributed by atoms with Gasteiger partial charge < -0.3 is 9.72 Å². The summed E-state index contributed by atoms with van der Waals surface area (Å²) < 4.78 is 5.58. The van der Waals surface area contributed by atoms with Gasteiger partial charge >= 0.3 is 0 Å². The number of carbonyl (C=O) groups excluding carboxylic acids is 1. The first-order chi connectivity index (χ1) is 12.0. The number of hydrogen-bond acceptors (Lipinski definition) is 3. The van der Waals surface area contributed by atoms with E-state index in [-0.39, 0.29) is 12.5 Å². The van der Waals surface area contributed by atoms with Gasteiger partial charge in [-0.25, -0.2) is 5.43 Å². The lowest BCUT2D eigenvalue weighted by Gasteiger charge is -2.11. The number of aromatic amines is 1. The fourth-order valence-corrected chi connectivity index (χ4v) is 2.95. The summed E-state index contributed by atoms with van der Waals surface area (Å²) in [6.07, 6.45) is 3.47. The third-order valence-corrected chi connectivity index (χ3v) is 3.97. The fraction of sp³-hybridized carbons (Fsp3) is 0.158. The first-order valence-corrected chi connectivity index (χ1v) is 8.19. The molecule has 128 valence electrons. The quantitative estimate of drug-likeness (QED) is 0.537. The SMILES string of the molecule is Cc1cc(Cl)cc(C)c1OCC(=O)N/N=C/c1ccc2cc[nH]c2c1. The van der Waals surface area contributed by atoms with Gasteiger partial charge in [-0.15, -0.1) is 0 Å². The Labute approximate surface area is 150 Å². The Morgan fingerprint density at radius 2 is 2.00 bits per heavy atom. The van der Waals surface area contributed by atoms with Crippen molar-refractivity contribution < 1.29 is 9.53 Å². The highest BCUT2D eigenvalue weighted by molar-refractivity contribution is 6.30. The van der Waals surface area contributed by atoms with Crippen molar-refractivity contribution in [2.75, 3.05) is 6.61 Å². The van der Waals surface area contributed by atoms with Gasteiger partial charge in [-0.3, -0.25) is 4.79 Å². The standard InChI is InChI=1S/C19H18ClN3O2/c1-12-7-16(20)8-13(2)19(12)25-11-18(24)23-22-10-14-3-4-15-5-6-21-17(15)9-14/h3-10,21H,11H2,1-2H3,(H,23,24)/b22-10+. The molecule has 3 aromatic rings. The minimum Gasteiger partial charge on any atom is -0.483 e. The molecule has 25 heavy (non-hydrogen) atoms. The number of rotatable bonds is 5. The van der Waals surface area contributed by atoms with Crippen molar-refractivity contribution in [2.24, 2.45) is 5.10 Å². The molecule has 6 heteroatoms. The van der Waals surface area contributed by atoms with Crippen LogP contribution in [-0.2, 0) is 4.79 Å². The van der Waals surface area contributed by atoms with E-state index in [2.05, 4.69) is 15.5 Å². The summed E-state index contributed by atoms with van der Waals surface area (Å²) in [4.78, 5) is 15.0. The first kappa shape index (κ1) is 17.0. The second-order valence-corrected chi connectivity index (χ2v) is 6.21. The van der Waals surface area contributed by atoms with Crippen LogP contribution in [0.25, 0.3) is 10.9 Å². The molecule has 0 spiro atoms. The molecule has 0 fully saturated rings. The van der Waals surface area contributed by atoms with Crippen LogP contribution in [0.3, 0.4) is 0 Å². The number of hydrogen-bond donors (Lipinski definition) is 2. The molecule has 2 aromatic carbocycles. The lowest BCUT2D eigenvalue weighted by Crippen LogP contribution is -2.25. The molecule has 0 saturated heterocycles. The van der Waals surface area contributed by atoms with Gasteiger partial charge in [-0.2, -0.15) is 5.10 Å². The largest absolute Gasteiger partial charge is 0.483 e. The van der Waals surface area contributed by atoms with Crippen LogP contribution < -0.4 is 10.2 Å². The second kappa shape index (κ2) is 7.40. The zero-order chi connectivity index (χ0) is 17.8. The summed E-state index contributed by atoms with van der Waals surface area (Å²) in [6.45, 7) is 3.67. The lowest BCUT2D eigenvalue weighted by molar-refractivity contribution is -0.123. The van der Waals surface area contributed by atoms with E-state index in [1.54, 1.807) is 18.3 Å². The molecule has 0 saturated carbocycles. The number of aryl methyl sites for hydroxylation is 2. The molecule has 0 aliphatic heterocycles. The third kappa shape index (κ3) is 4.19. The topological polar surface area (TPSA) is 66.5 Å². The Morgan fingerprint density at radius 1 is 1.24 bits per heavy atom. The smallest absolute Gasteiger partial charge is 0.277 e. The van der Waals surface area contributed by atoms with Crippen molar-refractivity contribution in [1.29, 1.82) is 0 Å². The predicted molar refractivity (Wildman–Crippen MR) is 100 cm³/mol. The monoisotopic (exact) mass is 355 g/mol. The van der Waals surface area contributed by atoms with Gasteiger partial charge in [0.15, 0.2) is 6.61 Å². The van der Waals surface area contributed by atoms with Crippen LogP contribution in [0.2, 0.25) is 5.02 Å². The summed E-state index contributed by atoms with van der Waals surface area (Å²) in [5.74, 6) is 0.340. The maximum absolute atomic E-state index is 11.9. The lowest BCUT2D eigenvalue weighted by atomic mass is 10.1. The van der Waals surface area contributed by atoms with E-state index < -0.39 is 0 Å². The maximum atomic E-state index is 11.9. The van der Waals surface area contributed by atoms with Crippen molar-refractivity contribution in [2.45, 2.75) is 13.8 Å². The number of H-pyrrole nitrogens is 1. The summed E-state index contributed by atoms with van der Waals surface area (Å²) in [6, 6.07) is 11.5. The number of aromatic nitrogens is 1. The zero-order valence-electron chi connectivity index (χ0n) is 14.0. The summed E-state index contributed by atoms with van der Waals surface area (Å²) in [7, 11) is 0. The molecule has 0 atom stereocenters. The summed E-state index contributed by atoms with van der Waals surface area (Å²) in [5, 5.41) is 5.74. The molecule has 0 radical (unpaired) electrons. The summed E-state index contributed by atoms with van der Waals surface area (Å²) in [5.41, 5.74) is 6.15. The maximum Gasteiger partial charge on any atom is 0.277 e. The molecule has 0 unspecified atom stereocenters. The van der Waals surface area contributed by atoms with Crippen molar-refractivity contribution in [3.05, 3.63) is 64.3 Å². The molecular formula is C19H18ClN3O2. The number of amides is 1. The normalized spacial score (nSPS) is 11.2. The van der Waals surface area contributed by atoms with E-state index in [4.69, 9.17) is 16.3 Å². The van der Waals surface area contributed by atoms with E-state index in [0.717, 1.165) is 27.6 Å². The molecule has 1 heterocycles. The number of ether oxygens (including phenoxy) is 1. The Balaban J connectivity index is 1.56. The summed E-state index contributed by atoms with van der Waals surface area (Å²) >= 11 is 5.98. The predicted octanol–water partition coefficient (Wildman–Crippen LogP) is 3.97. The van der Waals surface area contributed by atoms with Crippen LogP contribution in [0.5, 0.6) is 5.75 Å². The molecule has 2 N–H and O–H groups in total. The number of nitrogens with one attached hydrogen (secondary N) is 2. The van der Waals surface area contributed by atoms with E-state index in [1.807, 2.05) is 44.3 Å². The van der Waals surface area contributed by atoms with Crippen LogP contribution in [0.1, 0.15) is 16.7 Å². The third-order valence-electron chi connectivity index (χ3n) is 3.75. The van der Waals surface area contributed by atoms with Crippen LogP contribution >= 0.6 is 11.6 Å². The number of nitrogens with zero attached hydrogens (tertiary/aromatic N) is 1.